The highest BCUT2D eigenvalue weighted by atomic mass is 19.1. The summed E-state index contributed by atoms with van der Waals surface area (Å²) in [5.41, 5.74) is 7.69. The molecule has 0 radical (unpaired) electrons. The molecule has 1 unspecified atom stereocenters. The van der Waals surface area contributed by atoms with Gasteiger partial charge in [0.1, 0.15) is 5.82 Å². The third-order valence-corrected chi connectivity index (χ3v) is 3.51. The lowest BCUT2D eigenvalue weighted by Gasteiger charge is -2.16. The average Bonchev–Trinajstić information content (AvgIpc) is 2.50. The number of benzene rings is 2. The van der Waals surface area contributed by atoms with E-state index in [0.29, 0.717) is 17.7 Å². The number of nitrogens with one attached hydrogen (secondary N) is 1. The molecular formula is C17H19FN2O. The van der Waals surface area contributed by atoms with Gasteiger partial charge in [0.2, 0.25) is 5.91 Å². The average molecular weight is 286 g/mol. The van der Waals surface area contributed by atoms with Gasteiger partial charge in [0.25, 0.3) is 0 Å². The molecule has 0 saturated carbocycles. The Labute approximate surface area is 124 Å². The summed E-state index contributed by atoms with van der Waals surface area (Å²) in [5, 5.41) is 2.76. The van der Waals surface area contributed by atoms with Crippen LogP contribution in [0.2, 0.25) is 0 Å². The molecule has 1 amide bonds. The second-order valence-corrected chi connectivity index (χ2v) is 5.02. The largest absolute Gasteiger partial charge is 0.330 e. The molecule has 21 heavy (non-hydrogen) atoms. The predicted molar refractivity (Wildman–Crippen MR) is 82.5 cm³/mol. The molecule has 0 heterocycles. The van der Waals surface area contributed by atoms with Crippen molar-refractivity contribution in [1.29, 1.82) is 0 Å². The Balaban J connectivity index is 2.08. The second kappa shape index (κ2) is 6.99. The number of rotatable bonds is 5. The highest BCUT2D eigenvalue weighted by Gasteiger charge is 2.18. The van der Waals surface area contributed by atoms with E-state index >= 15 is 0 Å². The number of carbonyl (C=O) groups is 1. The molecule has 2 aromatic rings. The number of nitrogens with two attached hydrogens (primary N) is 1. The summed E-state index contributed by atoms with van der Waals surface area (Å²) in [6.45, 7) is 1.88. The van der Waals surface area contributed by atoms with Crippen molar-refractivity contribution < 1.29 is 9.18 Å². The Bertz CT molecular complexity index is 613. The molecular weight excluding hydrogens is 267 g/mol. The molecule has 1 atom stereocenters. The lowest BCUT2D eigenvalue weighted by molar-refractivity contribution is -0.119. The molecule has 0 aliphatic heterocycles. The number of anilines is 1. The lowest BCUT2D eigenvalue weighted by Crippen LogP contribution is -2.31. The number of amides is 1. The molecule has 2 rings (SSSR count). The quantitative estimate of drug-likeness (QED) is 0.888. The second-order valence-electron chi connectivity index (χ2n) is 5.02. The van der Waals surface area contributed by atoms with Gasteiger partial charge in [-0.05, 0) is 31.0 Å². The Morgan fingerprint density at radius 3 is 2.57 bits per heavy atom. The van der Waals surface area contributed by atoms with Crippen molar-refractivity contribution in [2.45, 2.75) is 13.3 Å². The zero-order valence-electron chi connectivity index (χ0n) is 12.0. The van der Waals surface area contributed by atoms with Gasteiger partial charge in [-0.1, -0.05) is 36.4 Å². The number of halogens is 1. The highest BCUT2D eigenvalue weighted by molar-refractivity contribution is 5.93. The Hall–Kier alpha value is -2.20. The van der Waals surface area contributed by atoms with E-state index in [2.05, 4.69) is 5.32 Å². The summed E-state index contributed by atoms with van der Waals surface area (Å²) in [5.74, 6) is -0.856. The van der Waals surface area contributed by atoms with Crippen molar-refractivity contribution in [3.8, 4) is 0 Å². The maximum Gasteiger partial charge on any atom is 0.229 e. The standard InChI is InChI=1S/C17H19FN2O/c1-12-15(18)8-5-9-16(12)20-17(21)14(11-19)10-13-6-3-2-4-7-13/h2-9,14H,10-11,19H2,1H3,(H,20,21). The van der Waals surface area contributed by atoms with Gasteiger partial charge in [0.15, 0.2) is 0 Å². The van der Waals surface area contributed by atoms with Crippen molar-refractivity contribution in [2.24, 2.45) is 11.7 Å². The topological polar surface area (TPSA) is 55.1 Å². The lowest BCUT2D eigenvalue weighted by atomic mass is 9.98. The molecule has 2 aromatic carbocycles. The molecule has 0 aromatic heterocycles. The van der Waals surface area contributed by atoms with Crippen LogP contribution in [0.1, 0.15) is 11.1 Å². The van der Waals surface area contributed by atoms with Gasteiger partial charge in [-0.15, -0.1) is 0 Å². The molecule has 3 N–H and O–H groups in total. The molecule has 0 spiro atoms. The van der Waals surface area contributed by atoms with E-state index in [9.17, 15) is 9.18 Å². The molecule has 0 aliphatic carbocycles. The summed E-state index contributed by atoms with van der Waals surface area (Å²) in [6.07, 6.45) is 0.567. The summed E-state index contributed by atoms with van der Waals surface area (Å²) < 4.78 is 13.5. The first kappa shape index (κ1) is 15.2. The smallest absolute Gasteiger partial charge is 0.229 e. The van der Waals surface area contributed by atoms with Crippen LogP contribution in [-0.4, -0.2) is 12.5 Å². The van der Waals surface area contributed by atoms with Crippen LogP contribution >= 0.6 is 0 Å². The van der Waals surface area contributed by atoms with Crippen molar-refractivity contribution in [1.82, 2.24) is 0 Å². The van der Waals surface area contributed by atoms with Gasteiger partial charge in [-0.25, -0.2) is 4.39 Å². The number of hydrogen-bond donors (Lipinski definition) is 2. The van der Waals surface area contributed by atoms with Crippen LogP contribution in [0.25, 0.3) is 0 Å². The van der Waals surface area contributed by atoms with E-state index in [1.165, 1.54) is 6.07 Å². The molecule has 0 saturated heterocycles. The minimum absolute atomic E-state index is 0.185. The Morgan fingerprint density at radius 2 is 1.90 bits per heavy atom. The van der Waals surface area contributed by atoms with Crippen molar-refractivity contribution in [3.63, 3.8) is 0 Å². The van der Waals surface area contributed by atoms with Gasteiger partial charge < -0.3 is 11.1 Å². The summed E-state index contributed by atoms with van der Waals surface area (Å²) in [7, 11) is 0. The first-order valence-electron chi connectivity index (χ1n) is 6.91. The van der Waals surface area contributed by atoms with Gasteiger partial charge in [-0.2, -0.15) is 0 Å². The van der Waals surface area contributed by atoms with E-state index in [-0.39, 0.29) is 24.2 Å². The number of carbonyl (C=O) groups excluding carboxylic acids is 1. The summed E-state index contributed by atoms with van der Waals surface area (Å²) in [6, 6.07) is 14.3. The van der Waals surface area contributed by atoms with E-state index in [4.69, 9.17) is 5.73 Å². The molecule has 0 bridgehead atoms. The number of hydrogen-bond acceptors (Lipinski definition) is 2. The predicted octanol–water partition coefficient (Wildman–Crippen LogP) is 2.89. The van der Waals surface area contributed by atoms with Crippen LogP contribution in [0.5, 0.6) is 0 Å². The van der Waals surface area contributed by atoms with Crippen molar-refractivity contribution in [3.05, 3.63) is 65.5 Å². The molecule has 0 fully saturated rings. The van der Waals surface area contributed by atoms with Gasteiger partial charge in [0, 0.05) is 17.8 Å². The van der Waals surface area contributed by atoms with E-state index in [1.54, 1.807) is 19.1 Å². The maximum atomic E-state index is 13.5. The van der Waals surface area contributed by atoms with Crippen LogP contribution in [-0.2, 0) is 11.2 Å². The SMILES string of the molecule is Cc1c(F)cccc1NC(=O)C(CN)Cc1ccccc1. The van der Waals surface area contributed by atoms with E-state index in [1.807, 2.05) is 30.3 Å². The highest BCUT2D eigenvalue weighted by Crippen LogP contribution is 2.19. The summed E-state index contributed by atoms with van der Waals surface area (Å²) in [4.78, 5) is 12.3. The monoisotopic (exact) mass is 286 g/mol. The Kier molecular flexibility index (Phi) is 5.06. The zero-order chi connectivity index (χ0) is 15.2. The van der Waals surface area contributed by atoms with Crippen LogP contribution in [0.3, 0.4) is 0 Å². The van der Waals surface area contributed by atoms with Crippen molar-refractivity contribution in [2.75, 3.05) is 11.9 Å². The fraction of sp³-hybridized carbons (Fsp3) is 0.235. The van der Waals surface area contributed by atoms with E-state index in [0.717, 1.165) is 5.56 Å². The van der Waals surface area contributed by atoms with Gasteiger partial charge in [-0.3, -0.25) is 4.79 Å². The minimum Gasteiger partial charge on any atom is -0.330 e. The van der Waals surface area contributed by atoms with Crippen LogP contribution in [0, 0.1) is 18.7 Å². The fourth-order valence-corrected chi connectivity index (χ4v) is 2.16. The molecule has 0 aliphatic rings. The van der Waals surface area contributed by atoms with Gasteiger partial charge >= 0.3 is 0 Å². The molecule has 3 nitrogen and oxygen atoms in total. The molecule has 110 valence electrons. The Morgan fingerprint density at radius 1 is 1.19 bits per heavy atom. The summed E-state index contributed by atoms with van der Waals surface area (Å²) >= 11 is 0. The third-order valence-electron chi connectivity index (χ3n) is 3.51. The van der Waals surface area contributed by atoms with Crippen LogP contribution in [0.15, 0.2) is 48.5 Å². The first-order chi connectivity index (χ1) is 10.1. The minimum atomic E-state index is -0.338. The normalized spacial score (nSPS) is 12.0. The van der Waals surface area contributed by atoms with Crippen LogP contribution in [0.4, 0.5) is 10.1 Å². The van der Waals surface area contributed by atoms with Gasteiger partial charge in [0.05, 0.1) is 5.92 Å². The van der Waals surface area contributed by atoms with E-state index < -0.39 is 0 Å². The van der Waals surface area contributed by atoms with Crippen molar-refractivity contribution >= 4 is 11.6 Å². The third kappa shape index (κ3) is 3.89. The maximum absolute atomic E-state index is 13.5. The fourth-order valence-electron chi connectivity index (χ4n) is 2.16. The molecule has 4 heteroatoms. The zero-order valence-corrected chi connectivity index (χ0v) is 12.0. The van der Waals surface area contributed by atoms with Crippen LogP contribution < -0.4 is 11.1 Å². The first-order valence-corrected chi connectivity index (χ1v) is 6.91.